The van der Waals surface area contributed by atoms with Gasteiger partial charge < -0.3 is 19.5 Å². The molecule has 2 heterocycles. The molecule has 0 amide bonds. The van der Waals surface area contributed by atoms with Crippen LogP contribution in [0.5, 0.6) is 5.75 Å². The number of ether oxygens (including phenoxy) is 2. The molecule has 0 unspecified atom stereocenters. The predicted octanol–water partition coefficient (Wildman–Crippen LogP) is 4.14. The topological polar surface area (TPSA) is 110 Å². The summed E-state index contributed by atoms with van der Waals surface area (Å²) in [6.07, 6.45) is 1.80. The number of hydrogen-bond acceptors (Lipinski definition) is 8. The lowest BCUT2D eigenvalue weighted by Gasteiger charge is -2.25. The number of aromatic nitrogens is 1. The lowest BCUT2D eigenvalue weighted by molar-refractivity contribution is -0.139. The number of carboxylic acids is 1. The molecule has 1 aliphatic rings. The van der Waals surface area contributed by atoms with Gasteiger partial charge >= 0.3 is 11.9 Å². The zero-order chi connectivity index (χ0) is 30.7. The van der Waals surface area contributed by atoms with E-state index in [-0.39, 0.29) is 24.3 Å². The maximum atomic E-state index is 13.8. The molecule has 1 atom stereocenters. The number of hydrogen-bond donors (Lipinski definition) is 1. The van der Waals surface area contributed by atoms with Gasteiger partial charge in [-0.15, -0.1) is 0 Å². The zero-order valence-electron chi connectivity index (χ0n) is 24.2. The van der Waals surface area contributed by atoms with E-state index in [1.807, 2.05) is 67.5 Å². The Labute approximate surface area is 252 Å². The minimum Gasteiger partial charge on any atom is -0.489 e. The van der Waals surface area contributed by atoms with E-state index in [0.717, 1.165) is 22.4 Å². The smallest absolute Gasteiger partial charge is 0.338 e. The van der Waals surface area contributed by atoms with Crippen molar-refractivity contribution < 1.29 is 24.2 Å². The molecule has 0 spiro atoms. The highest BCUT2D eigenvalue weighted by molar-refractivity contribution is 7.07. The number of carbonyl (C=O) groups excluding carboxylic acids is 1. The lowest BCUT2D eigenvalue weighted by atomic mass is 9.95. The summed E-state index contributed by atoms with van der Waals surface area (Å²) in [5.74, 6) is -0.829. The maximum Gasteiger partial charge on any atom is 0.338 e. The Balaban J connectivity index is 1.45. The van der Waals surface area contributed by atoms with E-state index in [1.165, 1.54) is 11.3 Å². The van der Waals surface area contributed by atoms with Crippen molar-refractivity contribution >= 4 is 35.0 Å². The number of thiazole rings is 1. The Morgan fingerprint density at radius 2 is 1.70 bits per heavy atom. The van der Waals surface area contributed by atoms with Crippen molar-refractivity contribution in [3.05, 3.63) is 126 Å². The monoisotopic (exact) mass is 597 g/mol. The first-order valence-corrected chi connectivity index (χ1v) is 14.5. The Morgan fingerprint density at radius 1 is 1.02 bits per heavy atom. The predicted molar refractivity (Wildman–Crippen MR) is 165 cm³/mol. The van der Waals surface area contributed by atoms with E-state index in [0.29, 0.717) is 26.4 Å². The first-order valence-electron chi connectivity index (χ1n) is 13.7. The summed E-state index contributed by atoms with van der Waals surface area (Å²) >= 11 is 1.27. The van der Waals surface area contributed by atoms with E-state index in [4.69, 9.17) is 14.6 Å². The van der Waals surface area contributed by atoms with Crippen LogP contribution in [0.15, 0.2) is 93.9 Å². The van der Waals surface area contributed by atoms with Crippen LogP contribution >= 0.6 is 11.3 Å². The van der Waals surface area contributed by atoms with Crippen LogP contribution in [-0.4, -0.2) is 42.3 Å². The van der Waals surface area contributed by atoms with Crippen LogP contribution in [-0.2, 0) is 16.1 Å². The number of nitrogens with zero attached hydrogens (tertiary/aromatic N) is 3. The van der Waals surface area contributed by atoms with Crippen LogP contribution in [0.2, 0.25) is 0 Å². The third kappa shape index (κ3) is 6.29. The molecule has 4 aromatic rings. The van der Waals surface area contributed by atoms with Crippen LogP contribution in [0.3, 0.4) is 0 Å². The normalized spacial score (nSPS) is 14.6. The molecule has 0 aliphatic carbocycles. The average molecular weight is 598 g/mol. The van der Waals surface area contributed by atoms with E-state index in [1.54, 1.807) is 48.8 Å². The Kier molecular flexibility index (Phi) is 8.58. The molecule has 5 rings (SSSR count). The third-order valence-corrected chi connectivity index (χ3v) is 8.01. The summed E-state index contributed by atoms with van der Waals surface area (Å²) < 4.78 is 13.3. The maximum absolute atomic E-state index is 13.8. The highest BCUT2D eigenvalue weighted by Gasteiger charge is 2.33. The number of carbonyl (C=O) groups is 2. The summed E-state index contributed by atoms with van der Waals surface area (Å²) in [7, 11) is 3.90. The summed E-state index contributed by atoms with van der Waals surface area (Å²) in [5, 5.41) is 9.05. The van der Waals surface area contributed by atoms with Gasteiger partial charge in [0.05, 0.1) is 34.0 Å². The second-order valence-electron chi connectivity index (χ2n) is 10.1. The van der Waals surface area contributed by atoms with Gasteiger partial charge in [-0.1, -0.05) is 47.7 Å². The zero-order valence-corrected chi connectivity index (χ0v) is 25.1. The molecule has 0 radical (unpaired) electrons. The van der Waals surface area contributed by atoms with Crippen LogP contribution in [0.25, 0.3) is 6.08 Å². The van der Waals surface area contributed by atoms with Crippen molar-refractivity contribution in [1.82, 2.24) is 4.57 Å². The largest absolute Gasteiger partial charge is 0.489 e. The first-order chi connectivity index (χ1) is 20.7. The molecular formula is C33H31N3O6S. The molecule has 0 saturated carbocycles. The summed E-state index contributed by atoms with van der Waals surface area (Å²) in [5.41, 5.74) is 4.27. The molecule has 1 N–H and O–H groups in total. The van der Waals surface area contributed by atoms with Crippen molar-refractivity contribution in [2.75, 3.05) is 25.6 Å². The number of aromatic carboxylic acids is 1. The third-order valence-electron chi connectivity index (χ3n) is 7.03. The fourth-order valence-corrected chi connectivity index (χ4v) is 5.83. The second kappa shape index (κ2) is 12.5. The van der Waals surface area contributed by atoms with Crippen LogP contribution < -0.4 is 24.5 Å². The average Bonchev–Trinajstić information content (AvgIpc) is 3.30. The van der Waals surface area contributed by atoms with Gasteiger partial charge in [0.2, 0.25) is 0 Å². The lowest BCUT2D eigenvalue weighted by Crippen LogP contribution is -2.39. The molecule has 0 bridgehead atoms. The van der Waals surface area contributed by atoms with Gasteiger partial charge in [0.15, 0.2) is 4.80 Å². The van der Waals surface area contributed by atoms with Crippen LogP contribution in [0, 0.1) is 0 Å². The standard InChI is InChI=1S/C33H31N3O6S/c1-5-41-32(40)28-20(2)34-33-36(29(28)23-12-14-25(15-13-23)35(3)4)30(37)27(43-33)18-21-8-16-26(17-9-21)42-19-22-6-10-24(11-7-22)31(38)39/h6-18,29H,5,19H2,1-4H3,(H,38,39)/b27-18+/t29-/m0/s1. The Bertz CT molecular complexity index is 1870. The van der Waals surface area contributed by atoms with Crippen molar-refractivity contribution in [3.8, 4) is 5.75 Å². The van der Waals surface area contributed by atoms with Crippen LogP contribution in [0.4, 0.5) is 5.69 Å². The van der Waals surface area contributed by atoms with Gasteiger partial charge in [0.25, 0.3) is 5.56 Å². The second-order valence-corrected chi connectivity index (χ2v) is 11.2. The molecule has 220 valence electrons. The van der Waals surface area contributed by atoms with Gasteiger partial charge in [-0.05, 0) is 73.0 Å². The molecule has 0 saturated heterocycles. The van der Waals surface area contributed by atoms with Crippen molar-refractivity contribution in [3.63, 3.8) is 0 Å². The number of esters is 1. The molecule has 0 fully saturated rings. The SMILES string of the molecule is CCOC(=O)C1=C(C)N=c2s/c(=C/c3ccc(OCc4ccc(C(=O)O)cc4)cc3)c(=O)n2[C@H]1c1ccc(N(C)C)cc1. The molecule has 9 nitrogen and oxygen atoms in total. The van der Waals surface area contributed by atoms with E-state index >= 15 is 0 Å². The number of allylic oxidation sites excluding steroid dienone is 1. The molecular weight excluding hydrogens is 566 g/mol. The number of rotatable bonds is 9. The van der Waals surface area contributed by atoms with E-state index < -0.39 is 18.0 Å². The van der Waals surface area contributed by atoms with Crippen molar-refractivity contribution in [2.24, 2.45) is 4.99 Å². The fraction of sp³-hybridized carbons (Fsp3) is 0.212. The summed E-state index contributed by atoms with van der Waals surface area (Å²) in [4.78, 5) is 45.1. The number of fused-ring (bicyclic) bond motifs is 1. The highest BCUT2D eigenvalue weighted by atomic mass is 32.1. The molecule has 3 aromatic carbocycles. The van der Waals surface area contributed by atoms with Gasteiger partial charge in [-0.25, -0.2) is 14.6 Å². The van der Waals surface area contributed by atoms with Crippen molar-refractivity contribution in [1.29, 1.82) is 0 Å². The number of anilines is 1. The summed E-state index contributed by atoms with van der Waals surface area (Å²) in [6, 6.07) is 20.9. The van der Waals surface area contributed by atoms with Gasteiger partial charge in [-0.2, -0.15) is 0 Å². The van der Waals surface area contributed by atoms with Gasteiger partial charge in [0.1, 0.15) is 12.4 Å². The quantitative estimate of drug-likeness (QED) is 0.289. The van der Waals surface area contributed by atoms with Crippen molar-refractivity contribution in [2.45, 2.75) is 26.5 Å². The van der Waals surface area contributed by atoms with E-state index in [2.05, 4.69) is 4.99 Å². The Morgan fingerprint density at radius 3 is 2.30 bits per heavy atom. The van der Waals surface area contributed by atoms with Gasteiger partial charge in [0, 0.05) is 19.8 Å². The minimum atomic E-state index is -0.973. The van der Waals surface area contributed by atoms with Crippen LogP contribution in [0.1, 0.15) is 46.9 Å². The number of benzene rings is 3. The fourth-order valence-electron chi connectivity index (χ4n) is 4.78. The number of carboxylic acid groups (broad SMARTS) is 1. The molecule has 10 heteroatoms. The molecule has 1 aliphatic heterocycles. The van der Waals surface area contributed by atoms with Gasteiger partial charge in [-0.3, -0.25) is 9.36 Å². The molecule has 1 aromatic heterocycles. The minimum absolute atomic E-state index is 0.211. The van der Waals surface area contributed by atoms with E-state index in [9.17, 15) is 14.4 Å². The Hall–Kier alpha value is -4.96. The highest BCUT2D eigenvalue weighted by Crippen LogP contribution is 2.31. The first kappa shape index (κ1) is 29.5. The summed E-state index contributed by atoms with van der Waals surface area (Å²) in [6.45, 7) is 4.01. The molecule has 43 heavy (non-hydrogen) atoms.